The number of hydrogen-bond acceptors (Lipinski definition) is 8. The molecule has 144 valence electrons. The van der Waals surface area contributed by atoms with E-state index in [0.717, 1.165) is 22.2 Å². The molecule has 0 unspecified atom stereocenters. The molecule has 0 amide bonds. The number of benzene rings is 2. The number of carbonyl (C=O) groups is 1. The maximum atomic E-state index is 12.4. The van der Waals surface area contributed by atoms with E-state index in [-0.39, 0.29) is 30.0 Å². The van der Waals surface area contributed by atoms with Crippen LogP contribution in [0.1, 0.15) is 21.9 Å². The molecule has 2 heterocycles. The summed E-state index contributed by atoms with van der Waals surface area (Å²) in [4.78, 5) is 29.0. The van der Waals surface area contributed by atoms with Crippen LogP contribution in [-0.4, -0.2) is 25.9 Å². The molecule has 29 heavy (non-hydrogen) atoms. The minimum absolute atomic E-state index is 0.0319. The number of aryl methyl sites for hydroxylation is 1. The number of ether oxygens (including phenoxy) is 1. The summed E-state index contributed by atoms with van der Waals surface area (Å²) >= 11 is 0. The number of fused-ring (bicyclic) bond motifs is 1. The molecular formula is C21H18N6O2. The van der Waals surface area contributed by atoms with Crippen LogP contribution in [-0.2, 0) is 11.3 Å². The molecule has 8 heteroatoms. The van der Waals surface area contributed by atoms with Gasteiger partial charge >= 0.3 is 5.97 Å². The van der Waals surface area contributed by atoms with Crippen LogP contribution in [0.25, 0.3) is 10.9 Å². The predicted molar refractivity (Wildman–Crippen MR) is 110 cm³/mol. The summed E-state index contributed by atoms with van der Waals surface area (Å²) in [5.41, 5.74) is 8.64. The average Bonchev–Trinajstić information content (AvgIpc) is 2.73. The molecule has 0 aliphatic carbocycles. The van der Waals surface area contributed by atoms with Crippen LogP contribution < -0.4 is 11.1 Å². The van der Waals surface area contributed by atoms with E-state index in [0.29, 0.717) is 0 Å². The van der Waals surface area contributed by atoms with Gasteiger partial charge in [0.2, 0.25) is 11.9 Å². The number of nitrogens with zero attached hydrogens (tertiary/aromatic N) is 4. The highest BCUT2D eigenvalue weighted by Gasteiger charge is 2.12. The third kappa shape index (κ3) is 4.44. The average molecular weight is 386 g/mol. The molecule has 0 radical (unpaired) electrons. The lowest BCUT2D eigenvalue weighted by atomic mass is 10.2. The van der Waals surface area contributed by atoms with Gasteiger partial charge in [-0.3, -0.25) is 0 Å². The van der Waals surface area contributed by atoms with E-state index < -0.39 is 5.97 Å². The standard InChI is InChI=1S/C21H18N6O2/c1-13-6-9-15(10-7-13)23-21-26-18(25-20(22)27-21)12-29-19(28)17-11-8-14-4-2-3-5-16(14)24-17/h2-11H,12H2,1H3,(H3,22,23,25,26,27). The number of nitrogens with one attached hydrogen (secondary N) is 1. The van der Waals surface area contributed by atoms with Crippen LogP contribution in [0, 0.1) is 6.92 Å². The van der Waals surface area contributed by atoms with Crippen molar-refractivity contribution >= 4 is 34.5 Å². The summed E-state index contributed by atoms with van der Waals surface area (Å²) in [6, 6.07) is 18.7. The summed E-state index contributed by atoms with van der Waals surface area (Å²) in [5, 5.41) is 4.00. The summed E-state index contributed by atoms with van der Waals surface area (Å²) in [7, 11) is 0. The molecule has 0 saturated heterocycles. The Hall–Kier alpha value is -4.07. The van der Waals surface area contributed by atoms with E-state index in [1.54, 1.807) is 6.07 Å². The third-order valence-corrected chi connectivity index (χ3v) is 4.15. The fraction of sp³-hybridized carbons (Fsp3) is 0.0952. The van der Waals surface area contributed by atoms with Crippen molar-refractivity contribution in [3.05, 3.63) is 77.7 Å². The zero-order valence-corrected chi connectivity index (χ0v) is 15.7. The van der Waals surface area contributed by atoms with Crippen LogP contribution >= 0.6 is 0 Å². The van der Waals surface area contributed by atoms with E-state index in [9.17, 15) is 4.79 Å². The van der Waals surface area contributed by atoms with Crippen molar-refractivity contribution < 1.29 is 9.53 Å². The molecule has 0 fully saturated rings. The van der Waals surface area contributed by atoms with E-state index in [2.05, 4.69) is 25.3 Å². The summed E-state index contributed by atoms with van der Waals surface area (Å²) < 4.78 is 5.30. The first-order valence-corrected chi connectivity index (χ1v) is 8.94. The number of rotatable bonds is 5. The first kappa shape index (κ1) is 18.3. The topological polar surface area (TPSA) is 116 Å². The van der Waals surface area contributed by atoms with Crippen molar-refractivity contribution in [3.63, 3.8) is 0 Å². The quantitative estimate of drug-likeness (QED) is 0.501. The second-order valence-electron chi connectivity index (χ2n) is 6.39. The van der Waals surface area contributed by atoms with Gasteiger partial charge < -0.3 is 15.8 Å². The van der Waals surface area contributed by atoms with Gasteiger partial charge in [0.15, 0.2) is 12.4 Å². The van der Waals surface area contributed by atoms with Gasteiger partial charge in [0.1, 0.15) is 5.69 Å². The number of nitrogen functional groups attached to an aromatic ring is 1. The molecule has 0 bridgehead atoms. The number of hydrogen-bond donors (Lipinski definition) is 2. The Morgan fingerprint density at radius 2 is 1.76 bits per heavy atom. The molecule has 3 N–H and O–H groups in total. The molecule has 0 aliphatic rings. The zero-order valence-electron chi connectivity index (χ0n) is 15.7. The Balaban J connectivity index is 1.46. The molecule has 4 aromatic rings. The SMILES string of the molecule is Cc1ccc(Nc2nc(N)nc(COC(=O)c3ccc4ccccc4n3)n2)cc1. The van der Waals surface area contributed by atoms with E-state index in [1.165, 1.54) is 0 Å². The predicted octanol–water partition coefficient (Wildman–Crippen LogP) is 3.41. The lowest BCUT2D eigenvalue weighted by Gasteiger charge is -2.08. The zero-order chi connectivity index (χ0) is 20.2. The number of esters is 1. The summed E-state index contributed by atoms with van der Waals surface area (Å²) in [5.74, 6) is -0.0234. The van der Waals surface area contributed by atoms with Crippen molar-refractivity contribution in [3.8, 4) is 0 Å². The Morgan fingerprint density at radius 3 is 2.59 bits per heavy atom. The van der Waals surface area contributed by atoms with Gasteiger partial charge in [0.25, 0.3) is 0 Å². The van der Waals surface area contributed by atoms with Gasteiger partial charge in [-0.1, -0.05) is 42.0 Å². The molecule has 4 rings (SSSR count). The van der Waals surface area contributed by atoms with Crippen LogP contribution in [0.3, 0.4) is 0 Å². The van der Waals surface area contributed by atoms with Crippen molar-refractivity contribution in [2.24, 2.45) is 0 Å². The normalized spacial score (nSPS) is 10.7. The van der Waals surface area contributed by atoms with Gasteiger partial charge in [-0.15, -0.1) is 0 Å². The van der Waals surface area contributed by atoms with Gasteiger partial charge in [0.05, 0.1) is 5.52 Å². The van der Waals surface area contributed by atoms with E-state index >= 15 is 0 Å². The highest BCUT2D eigenvalue weighted by Crippen LogP contribution is 2.15. The van der Waals surface area contributed by atoms with Gasteiger partial charge in [-0.25, -0.2) is 9.78 Å². The van der Waals surface area contributed by atoms with Crippen molar-refractivity contribution in [1.82, 2.24) is 19.9 Å². The van der Waals surface area contributed by atoms with Crippen molar-refractivity contribution in [1.29, 1.82) is 0 Å². The second-order valence-corrected chi connectivity index (χ2v) is 6.39. The number of pyridine rings is 1. The second kappa shape index (κ2) is 7.89. The minimum atomic E-state index is -0.567. The van der Waals surface area contributed by atoms with E-state index in [4.69, 9.17) is 10.5 Å². The lowest BCUT2D eigenvalue weighted by Crippen LogP contribution is -2.12. The number of carbonyl (C=O) groups excluding carboxylic acids is 1. The summed E-state index contributed by atoms with van der Waals surface area (Å²) in [6.45, 7) is 1.85. The van der Waals surface area contributed by atoms with Crippen LogP contribution in [0.15, 0.2) is 60.7 Å². The molecule has 0 saturated carbocycles. The number of nitrogens with two attached hydrogens (primary N) is 1. The van der Waals surface area contributed by atoms with Crippen LogP contribution in [0.4, 0.5) is 17.6 Å². The maximum Gasteiger partial charge on any atom is 0.357 e. The first-order valence-electron chi connectivity index (χ1n) is 8.94. The smallest absolute Gasteiger partial charge is 0.357 e. The number of para-hydroxylation sites is 1. The largest absolute Gasteiger partial charge is 0.453 e. The molecule has 2 aromatic carbocycles. The van der Waals surface area contributed by atoms with Crippen molar-refractivity contribution in [2.45, 2.75) is 13.5 Å². The molecule has 0 aliphatic heterocycles. The van der Waals surface area contributed by atoms with Gasteiger partial charge in [0, 0.05) is 11.1 Å². The molecule has 8 nitrogen and oxygen atoms in total. The summed E-state index contributed by atoms with van der Waals surface area (Å²) in [6.07, 6.45) is 0. The third-order valence-electron chi connectivity index (χ3n) is 4.15. The van der Waals surface area contributed by atoms with Gasteiger partial charge in [-0.05, 0) is 31.2 Å². The minimum Gasteiger partial charge on any atom is -0.453 e. The van der Waals surface area contributed by atoms with Crippen molar-refractivity contribution in [2.75, 3.05) is 11.1 Å². The highest BCUT2D eigenvalue weighted by atomic mass is 16.5. The fourth-order valence-electron chi connectivity index (χ4n) is 2.71. The monoisotopic (exact) mass is 386 g/mol. The van der Waals surface area contributed by atoms with Crippen LogP contribution in [0.2, 0.25) is 0 Å². The Kier molecular flexibility index (Phi) is 4.98. The molecule has 0 atom stereocenters. The van der Waals surface area contributed by atoms with E-state index in [1.807, 2.05) is 61.5 Å². The maximum absolute atomic E-state index is 12.4. The van der Waals surface area contributed by atoms with Crippen LogP contribution in [0.5, 0.6) is 0 Å². The Bertz CT molecular complexity index is 1180. The van der Waals surface area contributed by atoms with Gasteiger partial charge in [-0.2, -0.15) is 15.0 Å². The number of anilines is 3. The fourth-order valence-corrected chi connectivity index (χ4v) is 2.71. The first-order chi connectivity index (χ1) is 14.1. The Morgan fingerprint density at radius 1 is 0.966 bits per heavy atom. The number of aromatic nitrogens is 4. The highest BCUT2D eigenvalue weighted by molar-refractivity contribution is 5.90. The molecule has 2 aromatic heterocycles. The molecular weight excluding hydrogens is 368 g/mol. The molecule has 0 spiro atoms. The Labute approximate surface area is 166 Å². The lowest BCUT2D eigenvalue weighted by molar-refractivity contribution is 0.0455.